The zero-order valence-electron chi connectivity index (χ0n) is 14.6. The van der Waals surface area contributed by atoms with E-state index in [1.807, 2.05) is 6.07 Å². The standard InChI is InChI=1S/C14H19B2N5O4S/c1-8(18-14(15)23)12(22)19-11-7-26-13(20-11)9-3-4-10(17-5-9)6-25-21-16(2)24/h3-5,7-8,21,24H,6,15H2,1-2H3,(H,18,23)(H,19,22)/t8-/m0/s1. The highest BCUT2D eigenvalue weighted by atomic mass is 32.1. The van der Waals surface area contributed by atoms with Crippen molar-refractivity contribution < 1.29 is 19.5 Å². The fourth-order valence-corrected chi connectivity index (χ4v) is 2.68. The fourth-order valence-electron chi connectivity index (χ4n) is 1.94. The van der Waals surface area contributed by atoms with Crippen molar-refractivity contribution in [1.82, 2.24) is 20.7 Å². The molecule has 0 saturated heterocycles. The molecule has 136 valence electrons. The molecule has 2 rings (SSSR count). The van der Waals surface area contributed by atoms with Crippen molar-refractivity contribution in [3.63, 3.8) is 0 Å². The third-order valence-corrected chi connectivity index (χ3v) is 4.01. The van der Waals surface area contributed by atoms with Crippen molar-refractivity contribution in [1.29, 1.82) is 0 Å². The Hall–Kier alpha value is -2.27. The lowest BCUT2D eigenvalue weighted by atomic mass is 9.92. The number of carbonyl (C=O) groups excluding carboxylic acids is 2. The van der Waals surface area contributed by atoms with Gasteiger partial charge in [-0.3, -0.25) is 14.6 Å². The first-order valence-electron chi connectivity index (χ1n) is 7.89. The van der Waals surface area contributed by atoms with Crippen molar-refractivity contribution in [2.24, 2.45) is 0 Å². The second kappa shape index (κ2) is 9.43. The van der Waals surface area contributed by atoms with Gasteiger partial charge in [0.05, 0.1) is 5.69 Å². The first-order valence-corrected chi connectivity index (χ1v) is 8.77. The van der Waals surface area contributed by atoms with E-state index in [4.69, 9.17) is 9.86 Å². The monoisotopic (exact) mass is 375 g/mol. The van der Waals surface area contributed by atoms with Gasteiger partial charge in [-0.25, -0.2) is 10.4 Å². The Morgan fingerprint density at radius 1 is 1.46 bits per heavy atom. The van der Waals surface area contributed by atoms with E-state index < -0.39 is 13.1 Å². The SMILES string of the molecule is BC(=O)N[C@@H](C)C(=O)Nc1csc(-c2ccc(CONB(C)O)nc2)n1. The summed E-state index contributed by atoms with van der Waals surface area (Å²) in [5, 5.41) is 19.1. The molecule has 0 fully saturated rings. The van der Waals surface area contributed by atoms with Gasteiger partial charge in [-0.15, -0.1) is 11.3 Å². The number of aromatic nitrogens is 2. The van der Waals surface area contributed by atoms with Crippen molar-refractivity contribution in [2.45, 2.75) is 26.4 Å². The van der Waals surface area contributed by atoms with Crippen LogP contribution in [0, 0.1) is 0 Å². The van der Waals surface area contributed by atoms with Gasteiger partial charge in [0.15, 0.2) is 5.81 Å². The predicted octanol–water partition coefficient (Wildman–Crippen LogP) is 0.00630. The summed E-state index contributed by atoms with van der Waals surface area (Å²) in [5.74, 6) is -0.195. The van der Waals surface area contributed by atoms with Crippen LogP contribution in [0.25, 0.3) is 10.6 Å². The average Bonchev–Trinajstić information content (AvgIpc) is 3.03. The zero-order chi connectivity index (χ0) is 19.1. The maximum atomic E-state index is 12.0. The number of pyridine rings is 1. The van der Waals surface area contributed by atoms with Crippen LogP contribution in [0.15, 0.2) is 23.7 Å². The predicted molar refractivity (Wildman–Crippen MR) is 102 cm³/mol. The topological polar surface area (TPSA) is 125 Å². The van der Waals surface area contributed by atoms with E-state index in [9.17, 15) is 9.59 Å². The molecule has 2 aromatic heterocycles. The van der Waals surface area contributed by atoms with Crippen molar-refractivity contribution >= 4 is 43.8 Å². The molecule has 1 atom stereocenters. The summed E-state index contributed by atoms with van der Waals surface area (Å²) in [6, 6.07) is 2.99. The molecule has 0 bridgehead atoms. The maximum Gasteiger partial charge on any atom is 0.398 e. The van der Waals surface area contributed by atoms with Gasteiger partial charge in [0.25, 0.3) is 0 Å². The second-order valence-electron chi connectivity index (χ2n) is 5.57. The Morgan fingerprint density at radius 3 is 2.85 bits per heavy atom. The van der Waals surface area contributed by atoms with Gasteiger partial charge in [0.2, 0.25) is 13.8 Å². The first-order chi connectivity index (χ1) is 12.3. The minimum Gasteiger partial charge on any atom is -0.436 e. The second-order valence-corrected chi connectivity index (χ2v) is 6.43. The highest BCUT2D eigenvalue weighted by Crippen LogP contribution is 2.25. The Balaban J connectivity index is 1.94. The molecule has 0 aliphatic rings. The lowest BCUT2D eigenvalue weighted by molar-refractivity contribution is -0.117. The smallest absolute Gasteiger partial charge is 0.398 e. The van der Waals surface area contributed by atoms with Gasteiger partial charge >= 0.3 is 7.05 Å². The Kier molecular flexibility index (Phi) is 7.27. The van der Waals surface area contributed by atoms with Crippen molar-refractivity contribution in [3.05, 3.63) is 29.4 Å². The molecule has 0 unspecified atom stereocenters. The van der Waals surface area contributed by atoms with Crippen LogP contribution >= 0.6 is 11.3 Å². The molecule has 0 aromatic carbocycles. The summed E-state index contributed by atoms with van der Waals surface area (Å²) in [6.45, 7) is 3.36. The molecule has 0 spiro atoms. The number of amides is 2. The lowest BCUT2D eigenvalue weighted by Crippen LogP contribution is -2.41. The summed E-state index contributed by atoms with van der Waals surface area (Å²) in [7, 11) is 0.596. The van der Waals surface area contributed by atoms with E-state index >= 15 is 0 Å². The molecule has 0 saturated carbocycles. The molecule has 12 heteroatoms. The number of anilines is 1. The lowest BCUT2D eigenvalue weighted by Gasteiger charge is -2.11. The molecular weight excluding hydrogens is 356 g/mol. The summed E-state index contributed by atoms with van der Waals surface area (Å²) in [6.07, 6.45) is 1.66. The Bertz CT molecular complexity index is 756. The Labute approximate surface area is 156 Å². The zero-order valence-corrected chi connectivity index (χ0v) is 15.5. The fraction of sp³-hybridized carbons (Fsp3) is 0.286. The van der Waals surface area contributed by atoms with E-state index in [1.165, 1.54) is 19.2 Å². The average molecular weight is 375 g/mol. The van der Waals surface area contributed by atoms with Crippen LogP contribution in [0.2, 0.25) is 6.82 Å². The highest BCUT2D eigenvalue weighted by Gasteiger charge is 2.15. The minimum atomic E-state index is -0.758. The molecule has 2 amide bonds. The molecule has 0 aliphatic heterocycles. The van der Waals surface area contributed by atoms with Crippen LogP contribution in [-0.4, -0.2) is 47.6 Å². The molecule has 4 N–H and O–H groups in total. The minimum absolute atomic E-state index is 0.214. The highest BCUT2D eigenvalue weighted by molar-refractivity contribution is 7.13. The normalized spacial score (nSPS) is 11.7. The van der Waals surface area contributed by atoms with E-state index in [-0.39, 0.29) is 18.3 Å². The molecule has 2 aromatic rings. The number of hydrogen-bond donors (Lipinski definition) is 4. The van der Waals surface area contributed by atoms with E-state index in [2.05, 4.69) is 26.0 Å². The summed E-state index contributed by atoms with van der Waals surface area (Å²) in [5.41, 5.74) is 1.49. The summed E-state index contributed by atoms with van der Waals surface area (Å²) < 4.78 is 0. The van der Waals surface area contributed by atoms with Crippen LogP contribution in [0.3, 0.4) is 0 Å². The molecule has 9 nitrogen and oxygen atoms in total. The molecule has 0 aliphatic carbocycles. The Morgan fingerprint density at radius 2 is 2.23 bits per heavy atom. The van der Waals surface area contributed by atoms with Crippen LogP contribution in [0.1, 0.15) is 12.6 Å². The third kappa shape index (κ3) is 6.23. The van der Waals surface area contributed by atoms with E-state index in [0.29, 0.717) is 16.5 Å². The summed E-state index contributed by atoms with van der Waals surface area (Å²) >= 11 is 1.37. The first kappa shape index (κ1) is 20.0. The number of rotatable bonds is 8. The number of thiazole rings is 1. The largest absolute Gasteiger partial charge is 0.436 e. The van der Waals surface area contributed by atoms with Crippen molar-refractivity contribution in [3.8, 4) is 10.6 Å². The van der Waals surface area contributed by atoms with Gasteiger partial charge in [-0.2, -0.15) is 0 Å². The van der Waals surface area contributed by atoms with Crippen LogP contribution in [0.4, 0.5) is 10.6 Å². The van der Waals surface area contributed by atoms with Crippen LogP contribution in [0.5, 0.6) is 0 Å². The van der Waals surface area contributed by atoms with Gasteiger partial charge in [-0.1, -0.05) is 0 Å². The summed E-state index contributed by atoms with van der Waals surface area (Å²) in [4.78, 5) is 36.7. The number of carbonyl (C=O) groups is 2. The number of nitrogens with zero attached hydrogens (tertiary/aromatic N) is 2. The quantitative estimate of drug-likeness (QED) is 0.378. The molecule has 2 heterocycles. The number of nitrogens with one attached hydrogen (secondary N) is 3. The van der Waals surface area contributed by atoms with Gasteiger partial charge in [0, 0.05) is 17.1 Å². The molecule has 26 heavy (non-hydrogen) atoms. The van der Waals surface area contributed by atoms with Crippen molar-refractivity contribution in [2.75, 3.05) is 5.32 Å². The van der Waals surface area contributed by atoms with Crippen LogP contribution < -0.4 is 16.0 Å². The molecule has 0 radical (unpaired) electrons. The van der Waals surface area contributed by atoms with Gasteiger partial charge in [0.1, 0.15) is 23.5 Å². The van der Waals surface area contributed by atoms with Gasteiger partial charge in [-0.05, 0) is 25.9 Å². The van der Waals surface area contributed by atoms with Gasteiger partial charge < -0.3 is 20.5 Å². The van der Waals surface area contributed by atoms with E-state index in [0.717, 1.165) is 5.56 Å². The van der Waals surface area contributed by atoms with E-state index in [1.54, 1.807) is 31.4 Å². The van der Waals surface area contributed by atoms with Crippen LogP contribution in [-0.2, 0) is 16.2 Å². The third-order valence-electron chi connectivity index (χ3n) is 3.11. The number of hydrogen-bond acceptors (Lipinski definition) is 8. The molecular formula is C14H19B2N5O4S. The maximum absolute atomic E-state index is 12.0.